The lowest BCUT2D eigenvalue weighted by molar-refractivity contribution is -0.242. The number of aromatic hydroxyl groups is 2. The maximum atomic E-state index is 13.0. The number of phenolic OH excluding ortho intramolecular Hbond substituents is 2. The number of rotatable bonds is 5. The molecule has 2 aromatic carbocycles. The second kappa shape index (κ2) is 10.9. The molecule has 216 valence electrons. The van der Waals surface area contributed by atoms with Crippen molar-refractivity contribution in [1.29, 1.82) is 0 Å². The summed E-state index contributed by atoms with van der Waals surface area (Å²) in [6.07, 6.45) is -13.6. The second-order valence-corrected chi connectivity index (χ2v) is 9.65. The molecular weight excluding hydrogens is 536 g/mol. The number of benzene rings is 2. The van der Waals surface area contributed by atoms with Crippen molar-refractivity contribution in [3.63, 3.8) is 0 Å². The van der Waals surface area contributed by atoms with Gasteiger partial charge in [0.25, 0.3) is 0 Å². The molecule has 2 fully saturated rings. The largest absolute Gasteiger partial charge is 0.507 e. The molecule has 0 saturated carbocycles. The molecule has 0 radical (unpaired) electrons. The van der Waals surface area contributed by atoms with Crippen LogP contribution in [0.5, 0.6) is 17.2 Å². The van der Waals surface area contributed by atoms with E-state index in [1.54, 1.807) is 0 Å². The van der Waals surface area contributed by atoms with Gasteiger partial charge in [-0.2, -0.15) is 0 Å². The Morgan fingerprint density at radius 3 is 2.23 bits per heavy atom. The summed E-state index contributed by atoms with van der Waals surface area (Å²) in [5.74, 6) is -1.09. The van der Waals surface area contributed by atoms with Gasteiger partial charge in [-0.25, -0.2) is 0 Å². The predicted octanol–water partition coefficient (Wildman–Crippen LogP) is -1.80. The van der Waals surface area contributed by atoms with E-state index in [1.807, 2.05) is 0 Å². The summed E-state index contributed by atoms with van der Waals surface area (Å²) in [5.41, 5.74) is -1.05. The molecule has 1 aromatic heterocycles. The van der Waals surface area contributed by atoms with E-state index in [-0.39, 0.29) is 34.6 Å². The Morgan fingerprint density at radius 1 is 0.850 bits per heavy atom. The van der Waals surface area contributed by atoms with E-state index in [1.165, 1.54) is 24.3 Å². The number of hydrogen-bond donors (Lipinski definition) is 9. The van der Waals surface area contributed by atoms with Crippen LogP contribution in [-0.4, -0.2) is 108 Å². The first-order valence-corrected chi connectivity index (χ1v) is 12.3. The molecule has 40 heavy (non-hydrogen) atoms. The summed E-state index contributed by atoms with van der Waals surface area (Å²) in [6.45, 7) is -0.982. The minimum atomic E-state index is -1.81. The van der Waals surface area contributed by atoms with E-state index in [0.717, 1.165) is 12.1 Å². The van der Waals surface area contributed by atoms with E-state index < -0.39 is 78.7 Å². The van der Waals surface area contributed by atoms with Crippen molar-refractivity contribution < 1.29 is 64.6 Å². The van der Waals surface area contributed by atoms with Gasteiger partial charge in [-0.15, -0.1) is 0 Å². The van der Waals surface area contributed by atoms with Gasteiger partial charge >= 0.3 is 0 Å². The molecule has 14 heteroatoms. The van der Waals surface area contributed by atoms with Crippen LogP contribution in [0.3, 0.4) is 0 Å². The van der Waals surface area contributed by atoms with Gasteiger partial charge in [0.15, 0.2) is 11.0 Å². The third kappa shape index (κ3) is 4.89. The number of ether oxygens (including phenoxy) is 3. The number of aliphatic hydroxyl groups excluding tert-OH is 7. The van der Waals surface area contributed by atoms with Crippen LogP contribution in [-0.2, 0) is 9.47 Å². The Kier molecular flexibility index (Phi) is 7.71. The summed E-state index contributed by atoms with van der Waals surface area (Å²) >= 11 is 0. The quantitative estimate of drug-likeness (QED) is 0.166. The smallest absolute Gasteiger partial charge is 0.228 e. The molecule has 2 saturated heterocycles. The highest BCUT2D eigenvalue weighted by molar-refractivity contribution is 5.89. The summed E-state index contributed by atoms with van der Waals surface area (Å²) < 4.78 is 22.2. The highest BCUT2D eigenvalue weighted by atomic mass is 16.7. The molecule has 2 aliphatic rings. The van der Waals surface area contributed by atoms with Gasteiger partial charge in [-0.05, 0) is 24.3 Å². The van der Waals surface area contributed by atoms with Crippen molar-refractivity contribution >= 4 is 11.0 Å². The number of aliphatic hydroxyl groups is 7. The van der Waals surface area contributed by atoms with Crippen LogP contribution in [0.25, 0.3) is 22.3 Å². The van der Waals surface area contributed by atoms with Crippen LogP contribution in [0.4, 0.5) is 0 Å². The van der Waals surface area contributed by atoms with E-state index in [0.29, 0.717) is 5.56 Å². The van der Waals surface area contributed by atoms with Gasteiger partial charge in [0.2, 0.25) is 6.29 Å². The third-order valence-corrected chi connectivity index (χ3v) is 7.02. The minimum absolute atomic E-state index is 0.0348. The number of hydrogen-bond acceptors (Lipinski definition) is 14. The van der Waals surface area contributed by atoms with Crippen molar-refractivity contribution in [2.75, 3.05) is 13.2 Å². The molecule has 0 bridgehead atoms. The zero-order chi connectivity index (χ0) is 28.9. The molecule has 4 unspecified atom stereocenters. The topological polar surface area (TPSA) is 240 Å². The number of phenols is 2. The molecule has 0 aliphatic carbocycles. The van der Waals surface area contributed by atoms with E-state index in [4.69, 9.17) is 18.6 Å². The van der Waals surface area contributed by atoms with Gasteiger partial charge in [-0.1, -0.05) is 0 Å². The Labute approximate surface area is 225 Å². The average molecular weight is 564 g/mol. The molecule has 0 spiro atoms. The molecule has 14 nitrogen and oxygen atoms in total. The van der Waals surface area contributed by atoms with Gasteiger partial charge in [0.1, 0.15) is 77.2 Å². The van der Waals surface area contributed by atoms with Crippen LogP contribution in [0.15, 0.2) is 45.6 Å². The number of fused-ring (bicyclic) bond motifs is 1. The van der Waals surface area contributed by atoms with Crippen LogP contribution in [0.1, 0.15) is 11.7 Å². The molecule has 9 N–H and O–H groups in total. The molecule has 9 atom stereocenters. The Hall–Kier alpha value is -3.31. The molecular formula is C26H28O14. The summed E-state index contributed by atoms with van der Waals surface area (Å²) in [6, 6.07) is 7.79. The molecule has 5 rings (SSSR count). The van der Waals surface area contributed by atoms with Crippen molar-refractivity contribution in [1.82, 2.24) is 0 Å². The summed E-state index contributed by atoms with van der Waals surface area (Å²) in [7, 11) is 0. The fourth-order valence-electron chi connectivity index (χ4n) is 4.79. The van der Waals surface area contributed by atoms with Crippen LogP contribution in [0, 0.1) is 0 Å². The Morgan fingerprint density at radius 2 is 1.55 bits per heavy atom. The standard InChI is InChI=1S/C26H28O14/c27-7-16-20(33)21(34)22(35)25(40-16)18-12(29)5-11(28)17-13(30)6-15(39-24(17)18)9-1-3-10(4-2-9)38-26-23(36)19(32)14(31)8-37-26/h1-6,14,16,19-23,25-29,31-36H,7-8H2/t14-,16?,19?,20-,21+,22?,23?,25+,26+/m1/s1. The zero-order valence-electron chi connectivity index (χ0n) is 20.6. The molecule has 0 amide bonds. The minimum Gasteiger partial charge on any atom is -0.507 e. The van der Waals surface area contributed by atoms with Crippen LogP contribution in [0.2, 0.25) is 0 Å². The molecule has 3 aromatic rings. The maximum absolute atomic E-state index is 13.0. The van der Waals surface area contributed by atoms with Gasteiger partial charge in [0, 0.05) is 17.7 Å². The molecule has 3 heterocycles. The van der Waals surface area contributed by atoms with Gasteiger partial charge in [0.05, 0.1) is 18.8 Å². The zero-order valence-corrected chi connectivity index (χ0v) is 20.6. The highest BCUT2D eigenvalue weighted by Crippen LogP contribution is 2.43. The third-order valence-electron chi connectivity index (χ3n) is 7.02. The first-order chi connectivity index (χ1) is 19.0. The van der Waals surface area contributed by atoms with Crippen molar-refractivity contribution in [3.05, 3.63) is 52.2 Å². The van der Waals surface area contributed by atoms with E-state index >= 15 is 0 Å². The Balaban J connectivity index is 1.52. The first kappa shape index (κ1) is 28.2. The summed E-state index contributed by atoms with van der Waals surface area (Å²) in [5, 5.41) is 90.7. The second-order valence-electron chi connectivity index (χ2n) is 9.65. The van der Waals surface area contributed by atoms with Crippen molar-refractivity contribution in [2.45, 2.75) is 55.1 Å². The molecule has 2 aliphatic heterocycles. The van der Waals surface area contributed by atoms with Crippen LogP contribution < -0.4 is 10.2 Å². The fraction of sp³-hybridized carbons (Fsp3) is 0.423. The fourth-order valence-corrected chi connectivity index (χ4v) is 4.79. The van der Waals surface area contributed by atoms with E-state index in [9.17, 15) is 50.8 Å². The lowest BCUT2D eigenvalue weighted by atomic mass is 9.89. The van der Waals surface area contributed by atoms with E-state index in [2.05, 4.69) is 0 Å². The lowest BCUT2D eigenvalue weighted by Crippen LogP contribution is -2.55. The summed E-state index contributed by atoms with van der Waals surface area (Å²) in [4.78, 5) is 13.0. The first-order valence-electron chi connectivity index (χ1n) is 12.3. The van der Waals surface area contributed by atoms with Crippen molar-refractivity contribution in [2.24, 2.45) is 0 Å². The lowest BCUT2D eigenvalue weighted by Gasteiger charge is -2.40. The predicted molar refractivity (Wildman–Crippen MR) is 132 cm³/mol. The van der Waals surface area contributed by atoms with Gasteiger partial charge < -0.3 is 64.6 Å². The highest BCUT2D eigenvalue weighted by Gasteiger charge is 2.46. The van der Waals surface area contributed by atoms with Gasteiger partial charge in [-0.3, -0.25) is 4.79 Å². The van der Waals surface area contributed by atoms with Crippen molar-refractivity contribution in [3.8, 4) is 28.6 Å². The average Bonchev–Trinajstić information content (AvgIpc) is 2.93. The Bertz CT molecular complexity index is 1420. The SMILES string of the molecule is O=c1cc(-c2ccc(O[C@@H]3OC[C@@H](O)C(O)C3O)cc2)oc2c([C@@H]3OC(CO)[C@@H](O)[C@H](O)C3O)c(O)cc(O)c12. The monoisotopic (exact) mass is 564 g/mol. The van der Waals surface area contributed by atoms with Crippen LogP contribution >= 0.6 is 0 Å². The normalized spacial score (nSPS) is 32.7. The maximum Gasteiger partial charge on any atom is 0.228 e.